The molecule has 106 valence electrons. The number of Topliss-reactive ketones (excluding diaryl/α,β-unsaturated/α-hetero) is 1. The van der Waals surface area contributed by atoms with Gasteiger partial charge in [-0.3, -0.25) is 10.2 Å². The average Bonchev–Trinajstić information content (AvgIpc) is 2.79. The van der Waals surface area contributed by atoms with Gasteiger partial charge in [0.2, 0.25) is 0 Å². The zero-order valence-corrected chi connectivity index (χ0v) is 12.5. The number of fused-ring (bicyclic) bond motifs is 1. The van der Waals surface area contributed by atoms with Crippen molar-refractivity contribution >= 4 is 38.2 Å². The van der Waals surface area contributed by atoms with E-state index >= 15 is 0 Å². The molecule has 0 spiro atoms. The number of ketones is 1. The number of rotatable bonds is 2. The molecule has 0 aromatic heterocycles. The third-order valence-corrected chi connectivity index (χ3v) is 6.75. The zero-order chi connectivity index (χ0) is 14.5. The molecule has 1 aromatic rings. The second-order valence-corrected chi connectivity index (χ2v) is 8.46. The number of thioether (sulfide) groups is 1. The summed E-state index contributed by atoms with van der Waals surface area (Å²) < 4.78 is 23.5. The predicted octanol–water partition coefficient (Wildman–Crippen LogP) is 1.54. The van der Waals surface area contributed by atoms with E-state index in [0.29, 0.717) is 10.7 Å². The molecule has 1 N–H and O–H groups in total. The van der Waals surface area contributed by atoms with E-state index in [1.54, 1.807) is 23.1 Å². The van der Waals surface area contributed by atoms with Crippen molar-refractivity contribution in [2.75, 3.05) is 16.4 Å². The minimum Gasteiger partial charge on any atom is -0.316 e. The highest BCUT2D eigenvalue weighted by Gasteiger charge is 2.48. The van der Waals surface area contributed by atoms with Crippen molar-refractivity contribution in [1.29, 1.82) is 5.41 Å². The van der Waals surface area contributed by atoms with Gasteiger partial charge < -0.3 is 4.90 Å². The topological polar surface area (TPSA) is 78.3 Å². The van der Waals surface area contributed by atoms with Gasteiger partial charge in [0.05, 0.1) is 17.5 Å². The fourth-order valence-corrected chi connectivity index (χ4v) is 6.48. The third kappa shape index (κ3) is 2.25. The van der Waals surface area contributed by atoms with Crippen LogP contribution in [-0.2, 0) is 9.84 Å². The summed E-state index contributed by atoms with van der Waals surface area (Å²) in [5.41, 5.74) is 1.30. The number of hydrogen-bond acceptors (Lipinski definition) is 5. The van der Waals surface area contributed by atoms with Gasteiger partial charge in [0.1, 0.15) is 0 Å². The van der Waals surface area contributed by atoms with E-state index in [9.17, 15) is 13.2 Å². The average molecular weight is 310 g/mol. The Kier molecular flexibility index (Phi) is 3.13. The number of amidine groups is 1. The smallest absolute Gasteiger partial charge is 0.161 e. The maximum Gasteiger partial charge on any atom is 0.161 e. The minimum atomic E-state index is -3.02. The first-order valence-corrected chi connectivity index (χ1v) is 8.93. The van der Waals surface area contributed by atoms with Crippen molar-refractivity contribution < 1.29 is 13.2 Å². The lowest BCUT2D eigenvalue weighted by atomic mass is 10.1. The van der Waals surface area contributed by atoms with Gasteiger partial charge in [-0.15, -0.1) is 0 Å². The van der Waals surface area contributed by atoms with Crippen LogP contribution in [0.5, 0.6) is 0 Å². The van der Waals surface area contributed by atoms with Crippen molar-refractivity contribution in [3.8, 4) is 0 Å². The molecule has 20 heavy (non-hydrogen) atoms. The molecule has 1 aromatic carbocycles. The number of hydrogen-bond donors (Lipinski definition) is 1. The normalized spacial score (nSPS) is 27.6. The first-order valence-electron chi connectivity index (χ1n) is 6.23. The van der Waals surface area contributed by atoms with E-state index in [1.165, 1.54) is 18.7 Å². The molecule has 2 fully saturated rings. The van der Waals surface area contributed by atoms with Crippen LogP contribution in [0.2, 0.25) is 0 Å². The molecule has 0 aliphatic carbocycles. The number of benzene rings is 1. The largest absolute Gasteiger partial charge is 0.316 e. The van der Waals surface area contributed by atoms with Crippen molar-refractivity contribution in [2.24, 2.45) is 0 Å². The molecule has 3 rings (SSSR count). The minimum absolute atomic E-state index is 0.0409. The van der Waals surface area contributed by atoms with Crippen LogP contribution in [0.3, 0.4) is 0 Å². The zero-order valence-electron chi connectivity index (χ0n) is 10.9. The van der Waals surface area contributed by atoms with Crippen LogP contribution in [0.4, 0.5) is 5.69 Å². The second kappa shape index (κ2) is 4.60. The molecule has 0 radical (unpaired) electrons. The van der Waals surface area contributed by atoms with Gasteiger partial charge in [-0.1, -0.05) is 23.9 Å². The summed E-state index contributed by atoms with van der Waals surface area (Å²) >= 11 is 1.30. The quantitative estimate of drug-likeness (QED) is 0.838. The van der Waals surface area contributed by atoms with E-state index in [4.69, 9.17) is 5.41 Å². The van der Waals surface area contributed by atoms with Gasteiger partial charge >= 0.3 is 0 Å². The van der Waals surface area contributed by atoms with Gasteiger partial charge in [-0.05, 0) is 19.1 Å². The predicted molar refractivity (Wildman–Crippen MR) is 80.5 cm³/mol. The van der Waals surface area contributed by atoms with Crippen LogP contribution in [0.15, 0.2) is 24.3 Å². The summed E-state index contributed by atoms with van der Waals surface area (Å²) in [5.74, 6) is 0.172. The van der Waals surface area contributed by atoms with Crippen LogP contribution in [0.25, 0.3) is 0 Å². The third-order valence-electron chi connectivity index (χ3n) is 3.62. The van der Waals surface area contributed by atoms with Gasteiger partial charge in [-0.25, -0.2) is 8.42 Å². The number of anilines is 1. The highest BCUT2D eigenvalue weighted by molar-refractivity contribution is 8.15. The Hall–Kier alpha value is -1.34. The maximum atomic E-state index is 11.7. The lowest BCUT2D eigenvalue weighted by Gasteiger charge is -2.24. The van der Waals surface area contributed by atoms with Crippen LogP contribution < -0.4 is 4.90 Å². The molecule has 0 saturated carbocycles. The van der Waals surface area contributed by atoms with Crippen LogP contribution in [-0.4, -0.2) is 42.2 Å². The molecular weight excluding hydrogens is 296 g/mol. The molecule has 2 aliphatic heterocycles. The Balaban J connectivity index is 1.99. The number of carbonyl (C=O) groups excluding carboxylic acids is 1. The first-order chi connectivity index (χ1) is 9.37. The fraction of sp³-hybridized carbons (Fsp3) is 0.385. The van der Waals surface area contributed by atoms with E-state index < -0.39 is 9.84 Å². The highest BCUT2D eigenvalue weighted by Crippen LogP contribution is 2.40. The van der Waals surface area contributed by atoms with E-state index in [0.717, 1.165) is 5.69 Å². The molecule has 5 nitrogen and oxygen atoms in total. The molecular formula is C13H14N2O3S2. The van der Waals surface area contributed by atoms with Gasteiger partial charge in [0, 0.05) is 16.5 Å². The van der Waals surface area contributed by atoms with Crippen LogP contribution >= 0.6 is 11.8 Å². The van der Waals surface area contributed by atoms with Crippen molar-refractivity contribution in [1.82, 2.24) is 0 Å². The number of carbonyl (C=O) groups is 1. The summed E-state index contributed by atoms with van der Waals surface area (Å²) in [6.07, 6.45) is 0. The summed E-state index contributed by atoms with van der Waals surface area (Å²) in [6, 6.07) is 6.83. The van der Waals surface area contributed by atoms with Crippen LogP contribution in [0.1, 0.15) is 17.3 Å². The summed E-state index contributed by atoms with van der Waals surface area (Å²) in [7, 11) is -3.02. The Labute approximate surface area is 121 Å². The standard InChI is InChI=1S/C13H14N2O3S2/c1-8(16)9-3-2-4-10(5-9)15-11-6-20(17,18)7-12(11)19-13(15)14/h2-5,11-12,14H,6-7H2,1H3/t11-,12+/m0/s1. The molecule has 0 unspecified atom stereocenters. The summed E-state index contributed by atoms with van der Waals surface area (Å²) in [5, 5.41) is 8.34. The molecule has 0 bridgehead atoms. The van der Waals surface area contributed by atoms with Gasteiger partial charge in [-0.2, -0.15) is 0 Å². The lowest BCUT2D eigenvalue weighted by molar-refractivity contribution is 0.101. The number of nitrogens with zero attached hydrogens (tertiary/aromatic N) is 1. The SMILES string of the molecule is CC(=O)c1cccc(N2C(=N)S[C@@H]3CS(=O)(=O)C[C@@H]32)c1. The van der Waals surface area contributed by atoms with Crippen LogP contribution in [0, 0.1) is 5.41 Å². The highest BCUT2D eigenvalue weighted by atomic mass is 32.2. The Bertz CT molecular complexity index is 699. The molecule has 0 amide bonds. The van der Waals surface area contributed by atoms with Crippen molar-refractivity contribution in [2.45, 2.75) is 18.2 Å². The van der Waals surface area contributed by atoms with Gasteiger partial charge in [0.15, 0.2) is 20.8 Å². The Morgan fingerprint density at radius 1 is 1.40 bits per heavy atom. The number of nitrogens with one attached hydrogen (secondary N) is 1. The molecule has 2 saturated heterocycles. The van der Waals surface area contributed by atoms with Crippen molar-refractivity contribution in [3.63, 3.8) is 0 Å². The number of sulfone groups is 1. The van der Waals surface area contributed by atoms with E-state index in [1.807, 2.05) is 6.07 Å². The van der Waals surface area contributed by atoms with E-state index in [-0.39, 0.29) is 28.6 Å². The van der Waals surface area contributed by atoms with Gasteiger partial charge in [0.25, 0.3) is 0 Å². The molecule has 2 aliphatic rings. The second-order valence-electron chi connectivity index (χ2n) is 5.08. The molecule has 7 heteroatoms. The Morgan fingerprint density at radius 3 is 2.85 bits per heavy atom. The Morgan fingerprint density at radius 2 is 2.15 bits per heavy atom. The maximum absolute atomic E-state index is 11.7. The molecule has 2 heterocycles. The van der Waals surface area contributed by atoms with E-state index in [2.05, 4.69) is 0 Å². The molecule has 2 atom stereocenters. The summed E-state index contributed by atoms with van der Waals surface area (Å²) in [4.78, 5) is 13.2. The summed E-state index contributed by atoms with van der Waals surface area (Å²) in [6.45, 7) is 1.49. The lowest BCUT2D eigenvalue weighted by Crippen LogP contribution is -2.37. The monoisotopic (exact) mass is 310 g/mol. The first kappa shape index (κ1) is 13.6. The fourth-order valence-electron chi connectivity index (χ4n) is 2.68. The van der Waals surface area contributed by atoms with Crippen molar-refractivity contribution in [3.05, 3.63) is 29.8 Å².